The predicted octanol–water partition coefficient (Wildman–Crippen LogP) is 4.95. The maximum Gasteiger partial charge on any atom is 0.269 e. The highest BCUT2D eigenvalue weighted by molar-refractivity contribution is 5.62. The van der Waals surface area contributed by atoms with Crippen LogP contribution in [0.4, 0.5) is 5.69 Å². The van der Waals surface area contributed by atoms with Crippen molar-refractivity contribution in [2.45, 2.75) is 0 Å². The molecule has 0 heterocycles. The van der Waals surface area contributed by atoms with Crippen molar-refractivity contribution in [3.8, 4) is 11.1 Å². The second-order valence-electron chi connectivity index (χ2n) is 4.32. The molecule has 0 unspecified atom stereocenters. The average molecular weight is 277 g/mol. The van der Waals surface area contributed by atoms with E-state index >= 15 is 0 Å². The third-order valence-electron chi connectivity index (χ3n) is 2.85. The number of nitro groups is 1. The lowest BCUT2D eigenvalue weighted by Gasteiger charge is -1.98. The van der Waals surface area contributed by atoms with Crippen LogP contribution in [0.15, 0.2) is 91.0 Å². The Morgan fingerprint density at radius 1 is 0.571 bits per heavy atom. The van der Waals surface area contributed by atoms with Gasteiger partial charge in [0.2, 0.25) is 0 Å². The average Bonchev–Trinajstić information content (AvgIpc) is 2.58. The van der Waals surface area contributed by atoms with Crippen LogP contribution in [0.5, 0.6) is 0 Å². The SMILES string of the molecule is O=[N+]([O-])c1ccccc1.c1ccc(-c2ccccc2)cc1. The van der Waals surface area contributed by atoms with Crippen LogP contribution in [-0.2, 0) is 0 Å². The van der Waals surface area contributed by atoms with Crippen molar-refractivity contribution in [1.82, 2.24) is 0 Å². The van der Waals surface area contributed by atoms with E-state index in [0.717, 1.165) is 0 Å². The van der Waals surface area contributed by atoms with E-state index in [4.69, 9.17) is 0 Å². The molecule has 104 valence electrons. The minimum absolute atomic E-state index is 0.137. The first-order valence-electron chi connectivity index (χ1n) is 6.57. The third kappa shape index (κ3) is 4.58. The molecule has 0 saturated carbocycles. The van der Waals surface area contributed by atoms with Gasteiger partial charge in [-0.1, -0.05) is 78.9 Å². The Bertz CT molecular complexity index is 630. The lowest BCUT2D eigenvalue weighted by molar-refractivity contribution is -0.384. The van der Waals surface area contributed by atoms with Gasteiger partial charge < -0.3 is 0 Å². The van der Waals surface area contributed by atoms with E-state index in [1.54, 1.807) is 18.2 Å². The second kappa shape index (κ2) is 7.60. The Kier molecular flexibility index (Phi) is 5.24. The predicted molar refractivity (Wildman–Crippen MR) is 85.0 cm³/mol. The first kappa shape index (κ1) is 14.5. The fourth-order valence-corrected chi connectivity index (χ4v) is 1.81. The number of benzene rings is 3. The van der Waals surface area contributed by atoms with Crippen molar-refractivity contribution in [2.75, 3.05) is 0 Å². The smallest absolute Gasteiger partial charge is 0.258 e. The van der Waals surface area contributed by atoms with E-state index < -0.39 is 4.92 Å². The first-order chi connectivity index (χ1) is 10.3. The molecule has 0 fully saturated rings. The number of nitrogens with zero attached hydrogens (tertiary/aromatic N) is 1. The van der Waals surface area contributed by atoms with Gasteiger partial charge >= 0.3 is 0 Å². The minimum Gasteiger partial charge on any atom is -0.258 e. The van der Waals surface area contributed by atoms with E-state index in [9.17, 15) is 10.1 Å². The fraction of sp³-hybridized carbons (Fsp3) is 0. The van der Waals surface area contributed by atoms with Crippen LogP contribution in [0, 0.1) is 10.1 Å². The number of para-hydroxylation sites is 1. The Hall–Kier alpha value is -2.94. The van der Waals surface area contributed by atoms with Gasteiger partial charge in [0.15, 0.2) is 0 Å². The zero-order valence-electron chi connectivity index (χ0n) is 11.4. The summed E-state index contributed by atoms with van der Waals surface area (Å²) in [6.07, 6.45) is 0. The lowest BCUT2D eigenvalue weighted by Crippen LogP contribution is -1.84. The number of hydrogen-bond donors (Lipinski definition) is 0. The van der Waals surface area contributed by atoms with Crippen molar-refractivity contribution >= 4 is 5.69 Å². The van der Waals surface area contributed by atoms with Crippen molar-refractivity contribution < 1.29 is 4.92 Å². The summed E-state index contributed by atoms with van der Waals surface area (Å²) in [4.78, 5) is 9.59. The molecule has 21 heavy (non-hydrogen) atoms. The highest BCUT2D eigenvalue weighted by atomic mass is 16.6. The van der Waals surface area contributed by atoms with Gasteiger partial charge in [-0.2, -0.15) is 0 Å². The summed E-state index contributed by atoms with van der Waals surface area (Å²) in [7, 11) is 0. The summed E-state index contributed by atoms with van der Waals surface area (Å²) < 4.78 is 0. The molecular weight excluding hydrogens is 262 g/mol. The molecule has 3 aromatic carbocycles. The summed E-state index contributed by atoms with van der Waals surface area (Å²) in [5, 5.41) is 10.0. The zero-order valence-corrected chi connectivity index (χ0v) is 11.4. The molecule has 0 aliphatic heterocycles. The number of rotatable bonds is 2. The summed E-state index contributed by atoms with van der Waals surface area (Å²) in [5.41, 5.74) is 2.69. The topological polar surface area (TPSA) is 43.1 Å². The summed E-state index contributed by atoms with van der Waals surface area (Å²) >= 11 is 0. The van der Waals surface area contributed by atoms with Crippen LogP contribution in [-0.4, -0.2) is 4.92 Å². The monoisotopic (exact) mass is 277 g/mol. The van der Waals surface area contributed by atoms with Crippen molar-refractivity contribution in [1.29, 1.82) is 0 Å². The molecule has 3 nitrogen and oxygen atoms in total. The Morgan fingerprint density at radius 2 is 0.905 bits per heavy atom. The molecule has 0 aliphatic rings. The molecule has 0 aromatic heterocycles. The molecule has 0 amide bonds. The summed E-state index contributed by atoms with van der Waals surface area (Å²) in [6, 6.07) is 28.7. The van der Waals surface area contributed by atoms with Gasteiger partial charge in [0.25, 0.3) is 5.69 Å². The van der Waals surface area contributed by atoms with Gasteiger partial charge in [0, 0.05) is 12.1 Å². The molecular formula is C18H15NO2. The third-order valence-corrected chi connectivity index (χ3v) is 2.85. The van der Waals surface area contributed by atoms with E-state index in [1.165, 1.54) is 23.3 Å². The van der Waals surface area contributed by atoms with E-state index in [-0.39, 0.29) is 5.69 Å². The minimum atomic E-state index is -0.417. The van der Waals surface area contributed by atoms with Crippen LogP contribution in [0.2, 0.25) is 0 Å². The first-order valence-corrected chi connectivity index (χ1v) is 6.57. The van der Waals surface area contributed by atoms with E-state index in [1.807, 2.05) is 12.1 Å². The maximum atomic E-state index is 10.0. The molecule has 0 saturated heterocycles. The van der Waals surface area contributed by atoms with Crippen molar-refractivity contribution in [3.05, 3.63) is 101 Å². The molecule has 0 atom stereocenters. The normalized spacial score (nSPS) is 9.33. The van der Waals surface area contributed by atoms with Gasteiger partial charge in [-0.05, 0) is 11.1 Å². The molecule has 0 spiro atoms. The van der Waals surface area contributed by atoms with Crippen LogP contribution in [0.25, 0.3) is 11.1 Å². The molecule has 0 radical (unpaired) electrons. The summed E-state index contributed by atoms with van der Waals surface area (Å²) in [5.74, 6) is 0. The lowest BCUT2D eigenvalue weighted by atomic mass is 10.1. The van der Waals surface area contributed by atoms with Gasteiger partial charge in [-0.3, -0.25) is 10.1 Å². The van der Waals surface area contributed by atoms with Gasteiger partial charge in [0.05, 0.1) is 4.92 Å². The Morgan fingerprint density at radius 3 is 1.19 bits per heavy atom. The highest BCUT2D eigenvalue weighted by Gasteiger charge is 1.98. The van der Waals surface area contributed by atoms with Gasteiger partial charge in [-0.25, -0.2) is 0 Å². The molecule has 3 heteroatoms. The van der Waals surface area contributed by atoms with Crippen LogP contribution in [0.3, 0.4) is 0 Å². The highest BCUT2D eigenvalue weighted by Crippen LogP contribution is 2.17. The fourth-order valence-electron chi connectivity index (χ4n) is 1.81. The van der Waals surface area contributed by atoms with E-state index in [2.05, 4.69) is 48.5 Å². The van der Waals surface area contributed by atoms with E-state index in [0.29, 0.717) is 0 Å². The van der Waals surface area contributed by atoms with Crippen LogP contribution >= 0.6 is 0 Å². The second-order valence-corrected chi connectivity index (χ2v) is 4.32. The molecule has 0 aliphatic carbocycles. The van der Waals surface area contributed by atoms with Gasteiger partial charge in [0.1, 0.15) is 0 Å². The standard InChI is InChI=1S/C12H10.C6H5NO2/c1-3-7-11(8-4-1)12-9-5-2-6-10-12;8-7(9)6-4-2-1-3-5-6/h1-10H;1-5H. The van der Waals surface area contributed by atoms with Crippen molar-refractivity contribution in [2.24, 2.45) is 0 Å². The number of non-ortho nitro benzene ring substituents is 1. The quantitative estimate of drug-likeness (QED) is 0.491. The van der Waals surface area contributed by atoms with Crippen LogP contribution in [0.1, 0.15) is 0 Å². The largest absolute Gasteiger partial charge is 0.269 e. The number of hydrogen-bond acceptors (Lipinski definition) is 2. The molecule has 3 rings (SSSR count). The molecule has 0 N–H and O–H groups in total. The number of nitro benzene ring substituents is 1. The summed E-state index contributed by atoms with van der Waals surface area (Å²) in [6.45, 7) is 0. The van der Waals surface area contributed by atoms with Gasteiger partial charge in [-0.15, -0.1) is 0 Å². The maximum absolute atomic E-state index is 10.0. The van der Waals surface area contributed by atoms with Crippen LogP contribution < -0.4 is 0 Å². The van der Waals surface area contributed by atoms with Crippen molar-refractivity contribution in [3.63, 3.8) is 0 Å². The zero-order chi connectivity index (χ0) is 14.9. The molecule has 0 bridgehead atoms. The molecule has 3 aromatic rings. The Balaban J connectivity index is 0.000000161. The Labute approximate surface area is 123 Å².